The first-order chi connectivity index (χ1) is 14.2. The van der Waals surface area contributed by atoms with Gasteiger partial charge in [-0.1, -0.05) is 44.5 Å². The number of benzene rings is 2. The van der Waals surface area contributed by atoms with Gasteiger partial charge in [-0.3, -0.25) is 14.6 Å². The van der Waals surface area contributed by atoms with Crippen LogP contribution >= 0.6 is 11.6 Å². The lowest BCUT2D eigenvalue weighted by molar-refractivity contribution is -0.123. The van der Waals surface area contributed by atoms with Crippen molar-refractivity contribution < 1.29 is 9.59 Å². The molecule has 3 aromatic rings. The Morgan fingerprint density at radius 1 is 1.00 bits per heavy atom. The average Bonchev–Trinajstić information content (AvgIpc) is 2.72. The van der Waals surface area contributed by atoms with Crippen LogP contribution < -0.4 is 10.2 Å². The smallest absolute Gasteiger partial charge is 0.258 e. The second-order valence-corrected chi connectivity index (χ2v) is 8.41. The van der Waals surface area contributed by atoms with E-state index in [0.29, 0.717) is 28.5 Å². The van der Waals surface area contributed by atoms with Crippen LogP contribution in [-0.2, 0) is 11.3 Å². The SMILES string of the molecule is CC(C)(C)C(=O)Nc1cccc(C(=O)N(Cc2ccccn2)c2ccc(Cl)cc2)c1. The van der Waals surface area contributed by atoms with Gasteiger partial charge in [0.2, 0.25) is 5.91 Å². The summed E-state index contributed by atoms with van der Waals surface area (Å²) in [5, 5.41) is 3.47. The monoisotopic (exact) mass is 421 g/mol. The molecule has 0 unspecified atom stereocenters. The molecule has 1 heterocycles. The quantitative estimate of drug-likeness (QED) is 0.586. The van der Waals surface area contributed by atoms with Gasteiger partial charge in [0.1, 0.15) is 0 Å². The first kappa shape index (κ1) is 21.5. The molecule has 1 N–H and O–H groups in total. The van der Waals surface area contributed by atoms with Crippen molar-refractivity contribution in [3.8, 4) is 0 Å². The Balaban J connectivity index is 1.91. The van der Waals surface area contributed by atoms with E-state index in [9.17, 15) is 9.59 Å². The van der Waals surface area contributed by atoms with E-state index in [0.717, 1.165) is 5.69 Å². The summed E-state index contributed by atoms with van der Waals surface area (Å²) in [6.45, 7) is 5.82. The number of hydrogen-bond donors (Lipinski definition) is 1. The van der Waals surface area contributed by atoms with Crippen LogP contribution in [0.2, 0.25) is 5.02 Å². The highest BCUT2D eigenvalue weighted by Crippen LogP contribution is 2.24. The molecule has 2 aromatic carbocycles. The van der Waals surface area contributed by atoms with Gasteiger partial charge >= 0.3 is 0 Å². The maximum atomic E-state index is 13.4. The van der Waals surface area contributed by atoms with E-state index in [1.54, 1.807) is 59.6 Å². The van der Waals surface area contributed by atoms with Crippen molar-refractivity contribution in [2.24, 2.45) is 5.41 Å². The Morgan fingerprint density at radius 2 is 1.73 bits per heavy atom. The van der Waals surface area contributed by atoms with E-state index < -0.39 is 5.41 Å². The van der Waals surface area contributed by atoms with E-state index in [-0.39, 0.29) is 11.8 Å². The average molecular weight is 422 g/mol. The number of hydrogen-bond acceptors (Lipinski definition) is 3. The van der Waals surface area contributed by atoms with Crippen LogP contribution in [0.5, 0.6) is 0 Å². The predicted octanol–water partition coefficient (Wildman–Crippen LogP) is 5.57. The maximum absolute atomic E-state index is 13.4. The summed E-state index contributed by atoms with van der Waals surface area (Å²) < 4.78 is 0. The Kier molecular flexibility index (Phi) is 6.53. The summed E-state index contributed by atoms with van der Waals surface area (Å²) in [5.74, 6) is -0.315. The van der Waals surface area contributed by atoms with Crippen LogP contribution in [0.3, 0.4) is 0 Å². The summed E-state index contributed by atoms with van der Waals surface area (Å²) in [4.78, 5) is 31.7. The molecule has 30 heavy (non-hydrogen) atoms. The molecular formula is C24H24ClN3O2. The first-order valence-electron chi connectivity index (χ1n) is 9.63. The molecule has 2 amide bonds. The van der Waals surface area contributed by atoms with E-state index in [1.807, 2.05) is 39.0 Å². The van der Waals surface area contributed by atoms with Crippen molar-refractivity contribution in [1.29, 1.82) is 0 Å². The standard InChI is InChI=1S/C24H24ClN3O2/c1-24(2,3)23(30)27-19-9-6-7-17(15-19)22(29)28(16-20-8-4-5-14-26-20)21-12-10-18(25)11-13-21/h4-15H,16H2,1-3H3,(H,27,30). The summed E-state index contributed by atoms with van der Waals surface area (Å²) in [7, 11) is 0. The normalized spacial score (nSPS) is 11.1. The molecule has 0 saturated heterocycles. The van der Waals surface area contributed by atoms with Gasteiger partial charge in [0.05, 0.1) is 12.2 Å². The zero-order valence-corrected chi connectivity index (χ0v) is 18.0. The number of amides is 2. The lowest BCUT2D eigenvalue weighted by atomic mass is 9.95. The van der Waals surface area contributed by atoms with E-state index >= 15 is 0 Å². The predicted molar refractivity (Wildman–Crippen MR) is 121 cm³/mol. The van der Waals surface area contributed by atoms with Gasteiger partial charge in [-0.2, -0.15) is 0 Å². The first-order valence-corrected chi connectivity index (χ1v) is 10.0. The lowest BCUT2D eigenvalue weighted by Gasteiger charge is -2.23. The molecule has 5 nitrogen and oxygen atoms in total. The number of pyridine rings is 1. The van der Waals surface area contributed by atoms with E-state index in [2.05, 4.69) is 10.3 Å². The Morgan fingerprint density at radius 3 is 2.37 bits per heavy atom. The summed E-state index contributed by atoms with van der Waals surface area (Å²) in [6, 6.07) is 19.6. The van der Waals surface area contributed by atoms with Crippen LogP contribution in [0, 0.1) is 5.41 Å². The third-order valence-corrected chi connectivity index (χ3v) is 4.73. The number of aromatic nitrogens is 1. The fraction of sp³-hybridized carbons (Fsp3) is 0.208. The summed E-state index contributed by atoms with van der Waals surface area (Å²) in [5.41, 5.74) is 1.98. The fourth-order valence-electron chi connectivity index (χ4n) is 2.76. The molecule has 0 spiro atoms. The molecule has 0 bridgehead atoms. The van der Waals surface area contributed by atoms with Gasteiger partial charge in [0.25, 0.3) is 5.91 Å². The van der Waals surface area contributed by atoms with Gasteiger partial charge in [0.15, 0.2) is 0 Å². The van der Waals surface area contributed by atoms with Crippen molar-refractivity contribution in [3.05, 3.63) is 89.2 Å². The summed E-state index contributed by atoms with van der Waals surface area (Å²) in [6.07, 6.45) is 1.70. The fourth-order valence-corrected chi connectivity index (χ4v) is 2.89. The highest BCUT2D eigenvalue weighted by atomic mass is 35.5. The minimum Gasteiger partial charge on any atom is -0.326 e. The van der Waals surface area contributed by atoms with Crippen molar-refractivity contribution in [2.45, 2.75) is 27.3 Å². The largest absolute Gasteiger partial charge is 0.326 e. The molecule has 0 fully saturated rings. The molecular weight excluding hydrogens is 398 g/mol. The van der Waals surface area contributed by atoms with Gasteiger partial charge in [-0.15, -0.1) is 0 Å². The molecule has 154 valence electrons. The van der Waals surface area contributed by atoms with Crippen molar-refractivity contribution in [1.82, 2.24) is 4.98 Å². The number of nitrogens with one attached hydrogen (secondary N) is 1. The highest BCUT2D eigenvalue weighted by molar-refractivity contribution is 6.30. The summed E-state index contributed by atoms with van der Waals surface area (Å²) >= 11 is 6.02. The number of halogens is 1. The van der Waals surface area contributed by atoms with Gasteiger partial charge in [0, 0.05) is 33.6 Å². The molecule has 0 saturated carbocycles. The Bertz CT molecular complexity index is 1030. The van der Waals surface area contributed by atoms with Gasteiger partial charge in [-0.25, -0.2) is 0 Å². The van der Waals surface area contributed by atoms with E-state index in [4.69, 9.17) is 11.6 Å². The second-order valence-electron chi connectivity index (χ2n) is 7.97. The molecule has 0 aliphatic heterocycles. The third-order valence-electron chi connectivity index (χ3n) is 4.48. The third kappa shape index (κ3) is 5.45. The van der Waals surface area contributed by atoms with Gasteiger partial charge < -0.3 is 10.2 Å². The number of carbonyl (C=O) groups is 2. The van der Waals surface area contributed by atoms with Crippen molar-refractivity contribution in [3.63, 3.8) is 0 Å². The number of carbonyl (C=O) groups excluding carboxylic acids is 2. The molecule has 1 aromatic heterocycles. The maximum Gasteiger partial charge on any atom is 0.258 e. The van der Waals surface area contributed by atoms with Crippen LogP contribution in [0.4, 0.5) is 11.4 Å². The molecule has 0 aliphatic rings. The zero-order chi connectivity index (χ0) is 21.7. The van der Waals surface area contributed by atoms with Crippen molar-refractivity contribution >= 4 is 34.8 Å². The van der Waals surface area contributed by atoms with E-state index in [1.165, 1.54) is 0 Å². The highest BCUT2D eigenvalue weighted by Gasteiger charge is 2.23. The molecule has 0 atom stereocenters. The molecule has 0 radical (unpaired) electrons. The number of nitrogens with zero attached hydrogens (tertiary/aromatic N) is 2. The zero-order valence-electron chi connectivity index (χ0n) is 17.2. The lowest BCUT2D eigenvalue weighted by Crippen LogP contribution is -2.31. The molecule has 6 heteroatoms. The number of anilines is 2. The van der Waals surface area contributed by atoms with Crippen LogP contribution in [0.25, 0.3) is 0 Å². The molecule has 0 aliphatic carbocycles. The van der Waals surface area contributed by atoms with Crippen LogP contribution in [-0.4, -0.2) is 16.8 Å². The minimum absolute atomic E-state index is 0.116. The van der Waals surface area contributed by atoms with Crippen LogP contribution in [0.15, 0.2) is 72.9 Å². The Hall–Kier alpha value is -3.18. The van der Waals surface area contributed by atoms with Gasteiger partial charge in [-0.05, 0) is 54.6 Å². The second kappa shape index (κ2) is 9.09. The minimum atomic E-state index is -0.533. The number of rotatable bonds is 5. The molecule has 3 rings (SSSR count). The Labute approximate surface area is 181 Å². The van der Waals surface area contributed by atoms with Crippen molar-refractivity contribution in [2.75, 3.05) is 10.2 Å². The van der Waals surface area contributed by atoms with Crippen LogP contribution in [0.1, 0.15) is 36.8 Å². The topological polar surface area (TPSA) is 62.3 Å².